The first-order valence-corrected chi connectivity index (χ1v) is 5.40. The zero-order valence-electron chi connectivity index (χ0n) is 8.84. The molecule has 0 aliphatic rings. The van der Waals surface area contributed by atoms with E-state index >= 15 is 0 Å². The summed E-state index contributed by atoms with van der Waals surface area (Å²) >= 11 is 0. The molecule has 0 rings (SSSR count). The Morgan fingerprint density at radius 1 is 1.15 bits per heavy atom. The largest absolute Gasteiger partial charge is 0.550 e. The fourth-order valence-corrected chi connectivity index (χ4v) is 1.57. The number of carboxylic acid groups (broad SMARTS) is 1. The highest BCUT2D eigenvalue weighted by Gasteiger charge is 2.07. The fraction of sp³-hybridized carbons (Fsp3) is 0.909. The van der Waals surface area contributed by atoms with Crippen molar-refractivity contribution in [1.82, 2.24) is 0 Å². The van der Waals surface area contributed by atoms with Crippen LogP contribution in [0.4, 0.5) is 0 Å². The molecule has 78 valence electrons. The molecule has 0 amide bonds. The van der Waals surface area contributed by atoms with Crippen LogP contribution < -0.4 is 5.11 Å². The quantitative estimate of drug-likeness (QED) is 0.581. The first-order chi connectivity index (χ1) is 6.20. The van der Waals surface area contributed by atoms with Crippen LogP contribution in [-0.2, 0) is 4.79 Å². The maximum absolute atomic E-state index is 10.4. The Balaban J connectivity index is 3.66. The lowest BCUT2D eigenvalue weighted by Crippen LogP contribution is -2.25. The Hall–Kier alpha value is -0.530. The van der Waals surface area contributed by atoms with Gasteiger partial charge in [-0.2, -0.15) is 0 Å². The van der Waals surface area contributed by atoms with E-state index < -0.39 is 5.97 Å². The minimum absolute atomic E-state index is 0.250. The van der Waals surface area contributed by atoms with Crippen LogP contribution >= 0.6 is 0 Å². The molecule has 0 aliphatic carbocycles. The van der Waals surface area contributed by atoms with Gasteiger partial charge in [-0.1, -0.05) is 52.4 Å². The van der Waals surface area contributed by atoms with E-state index in [0.29, 0.717) is 5.92 Å². The summed E-state index contributed by atoms with van der Waals surface area (Å²) in [5.41, 5.74) is 0. The summed E-state index contributed by atoms with van der Waals surface area (Å²) in [5, 5.41) is 10.4. The molecule has 0 saturated carbocycles. The van der Waals surface area contributed by atoms with Crippen LogP contribution in [0, 0.1) is 5.92 Å². The SMILES string of the molecule is CCCCC(CCCC)CC(=O)[O-]. The number of hydrogen-bond acceptors (Lipinski definition) is 2. The van der Waals surface area contributed by atoms with Crippen LogP contribution in [0.5, 0.6) is 0 Å². The molecule has 2 nitrogen and oxygen atoms in total. The predicted octanol–water partition coefficient (Wildman–Crippen LogP) is 2.12. The van der Waals surface area contributed by atoms with Crippen molar-refractivity contribution in [2.45, 2.75) is 58.8 Å². The van der Waals surface area contributed by atoms with Gasteiger partial charge in [0, 0.05) is 5.97 Å². The topological polar surface area (TPSA) is 40.1 Å². The van der Waals surface area contributed by atoms with Gasteiger partial charge < -0.3 is 9.90 Å². The second-order valence-corrected chi connectivity index (χ2v) is 3.73. The van der Waals surface area contributed by atoms with E-state index in [0.717, 1.165) is 38.5 Å². The fourth-order valence-electron chi connectivity index (χ4n) is 1.57. The van der Waals surface area contributed by atoms with Crippen molar-refractivity contribution in [3.05, 3.63) is 0 Å². The Bertz CT molecular complexity index is 124. The number of hydrogen-bond donors (Lipinski definition) is 0. The van der Waals surface area contributed by atoms with E-state index in [1.807, 2.05) is 0 Å². The van der Waals surface area contributed by atoms with E-state index in [4.69, 9.17) is 0 Å². The van der Waals surface area contributed by atoms with Crippen molar-refractivity contribution in [2.24, 2.45) is 5.92 Å². The van der Waals surface area contributed by atoms with Crippen LogP contribution in [0.2, 0.25) is 0 Å². The number of carboxylic acids is 1. The zero-order valence-corrected chi connectivity index (χ0v) is 8.84. The highest BCUT2D eigenvalue weighted by Crippen LogP contribution is 2.19. The van der Waals surface area contributed by atoms with E-state index in [1.165, 1.54) is 0 Å². The van der Waals surface area contributed by atoms with Crippen molar-refractivity contribution < 1.29 is 9.90 Å². The molecule has 0 saturated heterocycles. The number of rotatable bonds is 8. The Labute approximate surface area is 81.3 Å². The van der Waals surface area contributed by atoms with Crippen molar-refractivity contribution >= 4 is 5.97 Å². The van der Waals surface area contributed by atoms with Gasteiger partial charge in [0.25, 0.3) is 0 Å². The van der Waals surface area contributed by atoms with Crippen LogP contribution in [0.1, 0.15) is 58.8 Å². The van der Waals surface area contributed by atoms with Gasteiger partial charge >= 0.3 is 0 Å². The van der Waals surface area contributed by atoms with E-state index in [9.17, 15) is 9.90 Å². The molecule has 0 unspecified atom stereocenters. The van der Waals surface area contributed by atoms with Gasteiger partial charge in [-0.25, -0.2) is 0 Å². The minimum atomic E-state index is -0.891. The second-order valence-electron chi connectivity index (χ2n) is 3.73. The van der Waals surface area contributed by atoms with E-state index in [-0.39, 0.29) is 6.42 Å². The number of carbonyl (C=O) groups excluding carboxylic acids is 1. The molecule has 0 aliphatic heterocycles. The molecule has 0 spiro atoms. The monoisotopic (exact) mass is 185 g/mol. The summed E-state index contributed by atoms with van der Waals surface area (Å²) in [6, 6.07) is 0. The lowest BCUT2D eigenvalue weighted by Gasteiger charge is -2.16. The third kappa shape index (κ3) is 7.82. The lowest BCUT2D eigenvalue weighted by molar-refractivity contribution is -0.306. The molecule has 0 atom stereocenters. The molecule has 0 radical (unpaired) electrons. The second kappa shape index (κ2) is 8.09. The summed E-state index contributed by atoms with van der Waals surface area (Å²) in [4.78, 5) is 10.4. The first kappa shape index (κ1) is 12.5. The highest BCUT2D eigenvalue weighted by molar-refractivity contribution is 5.64. The molecule has 0 heterocycles. The van der Waals surface area contributed by atoms with Gasteiger partial charge in [0.2, 0.25) is 0 Å². The van der Waals surface area contributed by atoms with Gasteiger partial charge in [-0.15, -0.1) is 0 Å². The highest BCUT2D eigenvalue weighted by atomic mass is 16.4. The summed E-state index contributed by atoms with van der Waals surface area (Å²) in [6.07, 6.45) is 6.92. The molecule has 0 aromatic carbocycles. The van der Waals surface area contributed by atoms with Crippen LogP contribution in [0.15, 0.2) is 0 Å². The molecule has 0 N–H and O–H groups in total. The molecule has 0 bridgehead atoms. The summed E-state index contributed by atoms with van der Waals surface area (Å²) < 4.78 is 0. The van der Waals surface area contributed by atoms with Gasteiger partial charge in [-0.3, -0.25) is 0 Å². The molecular weight excluding hydrogens is 164 g/mol. The van der Waals surface area contributed by atoms with Crippen molar-refractivity contribution in [1.29, 1.82) is 0 Å². The Morgan fingerprint density at radius 2 is 1.62 bits per heavy atom. The molecule has 0 aromatic rings. The summed E-state index contributed by atoms with van der Waals surface area (Å²) in [5.74, 6) is -0.540. The van der Waals surface area contributed by atoms with E-state index in [1.54, 1.807) is 0 Å². The normalized spacial score (nSPS) is 10.7. The average Bonchev–Trinajstić information content (AvgIpc) is 2.09. The zero-order chi connectivity index (χ0) is 10.1. The van der Waals surface area contributed by atoms with Gasteiger partial charge in [0.05, 0.1) is 0 Å². The van der Waals surface area contributed by atoms with E-state index in [2.05, 4.69) is 13.8 Å². The summed E-state index contributed by atoms with van der Waals surface area (Å²) in [7, 11) is 0. The van der Waals surface area contributed by atoms with Crippen molar-refractivity contribution in [3.8, 4) is 0 Å². The van der Waals surface area contributed by atoms with Gasteiger partial charge in [0.1, 0.15) is 0 Å². The van der Waals surface area contributed by atoms with Crippen LogP contribution in [0.25, 0.3) is 0 Å². The lowest BCUT2D eigenvalue weighted by atomic mass is 9.93. The standard InChI is InChI=1S/C11H22O2/c1-3-5-7-10(8-6-4-2)9-11(12)13/h10H,3-9H2,1-2H3,(H,12,13)/p-1. The van der Waals surface area contributed by atoms with Crippen molar-refractivity contribution in [2.75, 3.05) is 0 Å². The summed E-state index contributed by atoms with van der Waals surface area (Å²) in [6.45, 7) is 4.27. The smallest absolute Gasteiger partial charge is 0.0417 e. The third-order valence-electron chi connectivity index (χ3n) is 2.39. The molecule has 0 aromatic heterocycles. The predicted molar refractivity (Wildman–Crippen MR) is 52.2 cm³/mol. The Kier molecular flexibility index (Phi) is 7.76. The number of unbranched alkanes of at least 4 members (excludes halogenated alkanes) is 2. The maximum Gasteiger partial charge on any atom is 0.0417 e. The first-order valence-electron chi connectivity index (χ1n) is 5.40. The molecule has 0 fully saturated rings. The van der Waals surface area contributed by atoms with Crippen LogP contribution in [0.3, 0.4) is 0 Å². The molecular formula is C11H21O2-. The molecule has 2 heteroatoms. The van der Waals surface area contributed by atoms with Gasteiger partial charge in [0.15, 0.2) is 0 Å². The van der Waals surface area contributed by atoms with Crippen LogP contribution in [-0.4, -0.2) is 5.97 Å². The third-order valence-corrected chi connectivity index (χ3v) is 2.39. The molecule has 13 heavy (non-hydrogen) atoms. The minimum Gasteiger partial charge on any atom is -0.550 e. The van der Waals surface area contributed by atoms with Crippen molar-refractivity contribution in [3.63, 3.8) is 0 Å². The maximum atomic E-state index is 10.4. The number of aliphatic carboxylic acids is 1. The van der Waals surface area contributed by atoms with Gasteiger partial charge in [-0.05, 0) is 12.3 Å². The number of carbonyl (C=O) groups is 1. The Morgan fingerprint density at radius 3 is 1.92 bits per heavy atom. The average molecular weight is 185 g/mol.